The average molecular weight is 552 g/mol. The summed E-state index contributed by atoms with van der Waals surface area (Å²) in [4.78, 5) is 25.8. The largest absolute Gasteiger partial charge is 0.452 e. The Balaban J connectivity index is 1.33. The van der Waals surface area contributed by atoms with Crippen molar-refractivity contribution in [2.75, 3.05) is 10.6 Å². The monoisotopic (exact) mass is 551 g/mol. The van der Waals surface area contributed by atoms with Crippen LogP contribution in [0.5, 0.6) is 5.75 Å². The van der Waals surface area contributed by atoms with Gasteiger partial charge in [0.05, 0.1) is 11.4 Å². The van der Waals surface area contributed by atoms with Crippen LogP contribution in [0.2, 0.25) is 0 Å². The van der Waals surface area contributed by atoms with Crippen molar-refractivity contribution in [3.8, 4) is 11.4 Å². The minimum atomic E-state index is -0.762. The fourth-order valence-electron chi connectivity index (χ4n) is 4.00. The molecule has 10 heteroatoms. The number of para-hydroxylation sites is 1. The number of hydrogen-bond acceptors (Lipinski definition) is 6. The fraction of sp³-hybridized carbons (Fsp3) is 0. The zero-order chi connectivity index (χ0) is 28.8. The molecule has 0 saturated carbocycles. The topological polar surface area (TPSA) is 108 Å². The molecule has 0 atom stereocenters. The second-order valence-electron chi connectivity index (χ2n) is 8.77. The van der Waals surface area contributed by atoms with Crippen LogP contribution in [-0.2, 0) is 0 Å². The minimum Gasteiger partial charge on any atom is -0.452 e. The van der Waals surface area contributed by atoms with Gasteiger partial charge in [0, 0.05) is 47.8 Å². The molecule has 1 amide bonds. The number of carbonyl (C=O) groups is 1. The molecule has 0 spiro atoms. The molecular weight excluding hydrogens is 528 g/mol. The van der Waals surface area contributed by atoms with Crippen LogP contribution < -0.4 is 26.2 Å². The summed E-state index contributed by atoms with van der Waals surface area (Å²) in [6, 6.07) is 21.4. The molecule has 1 aliphatic rings. The van der Waals surface area contributed by atoms with Gasteiger partial charge in [-0.05, 0) is 66.7 Å². The van der Waals surface area contributed by atoms with Crippen LogP contribution >= 0.6 is 0 Å². The third kappa shape index (κ3) is 6.28. The second-order valence-corrected chi connectivity index (χ2v) is 8.77. The van der Waals surface area contributed by atoms with E-state index in [0.717, 1.165) is 18.0 Å². The van der Waals surface area contributed by atoms with E-state index in [9.17, 15) is 14.0 Å². The van der Waals surface area contributed by atoms with Crippen LogP contribution in [0.4, 0.5) is 20.2 Å². The quantitative estimate of drug-likeness (QED) is 0.210. The smallest absolute Gasteiger partial charge is 0.267 e. The molecule has 204 valence electrons. The summed E-state index contributed by atoms with van der Waals surface area (Å²) in [5.41, 5.74) is 1.62. The van der Waals surface area contributed by atoms with Crippen LogP contribution in [0.1, 0.15) is 10.4 Å². The number of anilines is 2. The van der Waals surface area contributed by atoms with Gasteiger partial charge in [0.1, 0.15) is 11.4 Å². The zero-order valence-corrected chi connectivity index (χ0v) is 21.4. The molecule has 3 aromatic carbocycles. The first-order chi connectivity index (χ1) is 19.9. The Morgan fingerprint density at radius 2 is 1.73 bits per heavy atom. The number of dihydropyridines is 1. The SMILES string of the molecule is N=C/C=C1\NC=C(Nc2ccccc2)C=C1Oc1ccc(NC(=O)c2cccn(-c3ccc(F)cc3)c2=O)cc1F. The van der Waals surface area contributed by atoms with Gasteiger partial charge in [0.15, 0.2) is 17.3 Å². The lowest BCUT2D eigenvalue weighted by atomic mass is 10.2. The maximum Gasteiger partial charge on any atom is 0.267 e. The summed E-state index contributed by atoms with van der Waals surface area (Å²) >= 11 is 0. The first-order valence-corrected chi connectivity index (χ1v) is 12.4. The summed E-state index contributed by atoms with van der Waals surface area (Å²) in [6.45, 7) is 0. The number of rotatable bonds is 8. The van der Waals surface area contributed by atoms with Crippen molar-refractivity contribution >= 4 is 23.5 Å². The molecule has 0 saturated heterocycles. The molecule has 4 aromatic rings. The minimum absolute atomic E-state index is 0.105. The van der Waals surface area contributed by atoms with Crippen molar-refractivity contribution in [3.63, 3.8) is 0 Å². The van der Waals surface area contributed by atoms with Crippen LogP contribution in [0.15, 0.2) is 131 Å². The van der Waals surface area contributed by atoms with E-state index in [-0.39, 0.29) is 22.8 Å². The Morgan fingerprint density at radius 1 is 0.951 bits per heavy atom. The summed E-state index contributed by atoms with van der Waals surface area (Å²) in [7, 11) is 0. The standard InChI is InChI=1S/C31H23F2N5O3/c32-20-8-11-24(12-9-20)38-16-4-7-25(31(38)40)30(39)37-22-10-13-28(26(33)17-22)41-29-18-23(19-35-27(29)14-15-34)36-21-5-2-1-3-6-21/h1-19,34-36H,(H,37,39)/b27-14-,34-15?. The molecule has 0 bridgehead atoms. The summed E-state index contributed by atoms with van der Waals surface area (Å²) < 4.78 is 35.4. The Morgan fingerprint density at radius 3 is 2.46 bits per heavy atom. The number of hydrogen-bond donors (Lipinski definition) is 4. The van der Waals surface area contributed by atoms with E-state index in [2.05, 4.69) is 16.0 Å². The summed E-state index contributed by atoms with van der Waals surface area (Å²) in [6.07, 6.45) is 7.36. The van der Waals surface area contributed by atoms with Gasteiger partial charge in [-0.2, -0.15) is 0 Å². The summed E-state index contributed by atoms with van der Waals surface area (Å²) in [5, 5.41) is 16.2. The Kier molecular flexibility index (Phi) is 7.82. The number of benzene rings is 3. The number of aromatic nitrogens is 1. The van der Waals surface area contributed by atoms with Crippen molar-refractivity contribution in [1.82, 2.24) is 9.88 Å². The van der Waals surface area contributed by atoms with E-state index < -0.39 is 23.1 Å². The van der Waals surface area contributed by atoms with Gasteiger partial charge in [-0.15, -0.1) is 0 Å². The van der Waals surface area contributed by atoms with Gasteiger partial charge in [-0.25, -0.2) is 8.78 Å². The number of halogens is 2. The molecule has 5 rings (SSSR count). The normalized spacial score (nSPS) is 13.5. The number of amides is 1. The van der Waals surface area contributed by atoms with E-state index in [0.29, 0.717) is 17.1 Å². The van der Waals surface area contributed by atoms with Gasteiger partial charge in [-0.3, -0.25) is 14.2 Å². The number of nitrogens with one attached hydrogen (secondary N) is 4. The third-order valence-corrected chi connectivity index (χ3v) is 5.95. The van der Waals surface area contributed by atoms with Crippen molar-refractivity contribution < 1.29 is 18.3 Å². The molecule has 0 radical (unpaired) electrons. The molecule has 1 aliphatic heterocycles. The highest BCUT2D eigenvalue weighted by Gasteiger charge is 2.18. The molecule has 0 fully saturated rings. The van der Waals surface area contributed by atoms with Crippen molar-refractivity contribution in [3.05, 3.63) is 154 Å². The molecular formula is C31H23F2N5O3. The van der Waals surface area contributed by atoms with E-state index >= 15 is 4.39 Å². The molecule has 4 N–H and O–H groups in total. The van der Waals surface area contributed by atoms with Gasteiger partial charge in [0.2, 0.25) is 0 Å². The van der Waals surface area contributed by atoms with Crippen LogP contribution in [0.3, 0.4) is 0 Å². The van der Waals surface area contributed by atoms with E-state index in [4.69, 9.17) is 10.1 Å². The Bertz CT molecular complexity index is 1760. The highest BCUT2D eigenvalue weighted by Crippen LogP contribution is 2.27. The van der Waals surface area contributed by atoms with E-state index in [1.165, 1.54) is 65.4 Å². The van der Waals surface area contributed by atoms with Gasteiger partial charge in [-0.1, -0.05) is 18.2 Å². The van der Waals surface area contributed by atoms with Gasteiger partial charge >= 0.3 is 0 Å². The first-order valence-electron chi connectivity index (χ1n) is 12.4. The number of nitrogens with zero attached hydrogens (tertiary/aromatic N) is 1. The highest BCUT2D eigenvalue weighted by molar-refractivity contribution is 6.04. The zero-order valence-electron chi connectivity index (χ0n) is 21.4. The number of ether oxygens (including phenoxy) is 1. The molecule has 0 aliphatic carbocycles. The fourth-order valence-corrected chi connectivity index (χ4v) is 4.00. The van der Waals surface area contributed by atoms with Gasteiger partial charge in [0.25, 0.3) is 11.5 Å². The van der Waals surface area contributed by atoms with E-state index in [1.807, 2.05) is 30.3 Å². The number of pyridine rings is 1. The third-order valence-electron chi connectivity index (χ3n) is 5.95. The predicted molar refractivity (Wildman–Crippen MR) is 153 cm³/mol. The lowest BCUT2D eigenvalue weighted by Gasteiger charge is -2.20. The molecule has 8 nitrogen and oxygen atoms in total. The Labute approximate surface area is 233 Å². The van der Waals surface area contributed by atoms with Crippen molar-refractivity contribution in [2.45, 2.75) is 0 Å². The number of carbonyl (C=O) groups excluding carboxylic acids is 1. The maximum atomic E-state index is 15.1. The molecule has 0 unspecified atom stereocenters. The van der Waals surface area contributed by atoms with Crippen LogP contribution in [-0.4, -0.2) is 16.7 Å². The maximum absolute atomic E-state index is 15.1. The first kappa shape index (κ1) is 26.8. The van der Waals surface area contributed by atoms with Crippen molar-refractivity contribution in [2.24, 2.45) is 0 Å². The lowest BCUT2D eigenvalue weighted by molar-refractivity contribution is 0.102. The molecule has 2 heterocycles. The molecule has 1 aromatic heterocycles. The summed E-state index contributed by atoms with van der Waals surface area (Å²) in [5.74, 6) is -1.82. The van der Waals surface area contributed by atoms with Gasteiger partial charge < -0.3 is 26.1 Å². The lowest BCUT2D eigenvalue weighted by Crippen LogP contribution is -2.27. The van der Waals surface area contributed by atoms with Crippen LogP contribution in [0.25, 0.3) is 5.69 Å². The van der Waals surface area contributed by atoms with Crippen LogP contribution in [0, 0.1) is 17.0 Å². The predicted octanol–water partition coefficient (Wildman–Crippen LogP) is 5.72. The van der Waals surface area contributed by atoms with Crippen molar-refractivity contribution in [1.29, 1.82) is 5.41 Å². The highest BCUT2D eigenvalue weighted by atomic mass is 19.1. The Hall–Kier alpha value is -5.77. The second kappa shape index (κ2) is 12.0. The average Bonchev–Trinajstić information content (AvgIpc) is 2.97. The molecule has 41 heavy (non-hydrogen) atoms. The van der Waals surface area contributed by atoms with E-state index in [1.54, 1.807) is 12.3 Å². The number of allylic oxidation sites excluding steroid dienone is 2.